The Morgan fingerprint density at radius 2 is 1.60 bits per heavy atom. The van der Waals surface area contributed by atoms with Gasteiger partial charge in [-0.3, -0.25) is 9.36 Å². The fourth-order valence-electron chi connectivity index (χ4n) is 3.74. The van der Waals surface area contributed by atoms with E-state index in [4.69, 9.17) is 16.6 Å². The number of aromatic nitrogens is 3. The number of amides is 1. The molecule has 3 aromatic carbocycles. The molecule has 2 aromatic heterocycles. The molecular formula is C28H23ClN4OS. The van der Waals surface area contributed by atoms with Gasteiger partial charge in [0.25, 0.3) is 5.91 Å². The second kappa shape index (κ2) is 10.8. The molecule has 0 atom stereocenters. The third kappa shape index (κ3) is 5.73. The molecule has 1 N–H and O–H groups in total. The van der Waals surface area contributed by atoms with Crippen LogP contribution in [0.15, 0.2) is 102 Å². The number of hydrogen-bond acceptors (Lipinski definition) is 4. The molecule has 0 spiro atoms. The molecule has 0 aliphatic carbocycles. The van der Waals surface area contributed by atoms with Crippen LogP contribution in [0.1, 0.15) is 27.0 Å². The summed E-state index contributed by atoms with van der Waals surface area (Å²) in [7, 11) is 0. The number of carbonyl (C=O) groups excluding carboxylic acids is 1. The van der Waals surface area contributed by atoms with Gasteiger partial charge >= 0.3 is 0 Å². The Hall–Kier alpha value is -3.61. The molecule has 1 amide bonds. The lowest BCUT2D eigenvalue weighted by Crippen LogP contribution is -2.22. The van der Waals surface area contributed by atoms with Crippen LogP contribution in [-0.4, -0.2) is 20.4 Å². The highest BCUT2D eigenvalue weighted by molar-refractivity contribution is 7.98. The Balaban J connectivity index is 1.29. The number of halogens is 1. The summed E-state index contributed by atoms with van der Waals surface area (Å²) in [6.07, 6.45) is 1.79. The topological polar surface area (TPSA) is 59.8 Å². The zero-order valence-electron chi connectivity index (χ0n) is 18.9. The maximum absolute atomic E-state index is 12.6. The van der Waals surface area contributed by atoms with Crippen molar-refractivity contribution >= 4 is 40.4 Å². The van der Waals surface area contributed by atoms with Crippen LogP contribution in [0.25, 0.3) is 11.2 Å². The number of fused-ring (bicyclic) bond motifs is 1. The van der Waals surface area contributed by atoms with Crippen molar-refractivity contribution in [2.45, 2.75) is 24.0 Å². The second-order valence-corrected chi connectivity index (χ2v) is 9.49. The van der Waals surface area contributed by atoms with Crippen molar-refractivity contribution in [3.05, 3.63) is 124 Å². The van der Waals surface area contributed by atoms with E-state index in [1.165, 1.54) is 5.56 Å². The maximum Gasteiger partial charge on any atom is 0.251 e. The molecule has 0 saturated heterocycles. The summed E-state index contributed by atoms with van der Waals surface area (Å²) >= 11 is 7.62. The number of nitrogens with one attached hydrogen (secondary N) is 1. The maximum atomic E-state index is 12.6. The smallest absolute Gasteiger partial charge is 0.251 e. The van der Waals surface area contributed by atoms with Gasteiger partial charge in [-0.15, -0.1) is 0 Å². The molecule has 5 aromatic rings. The molecule has 0 fully saturated rings. The first-order valence-corrected chi connectivity index (χ1v) is 12.6. The third-order valence-corrected chi connectivity index (χ3v) is 6.90. The van der Waals surface area contributed by atoms with Crippen molar-refractivity contribution in [1.29, 1.82) is 0 Å². The standard InChI is InChI=1S/C28H23ClN4OS/c29-24-14-10-20(11-15-24)17-31-27(34)23-12-8-21(9-13-23)18-33-26-25(7-4-16-30-26)32-28(33)35-19-22-5-2-1-3-6-22/h1-16H,17-19H2,(H,31,34). The van der Waals surface area contributed by atoms with Crippen molar-refractivity contribution in [3.63, 3.8) is 0 Å². The number of nitrogens with zero attached hydrogens (tertiary/aromatic N) is 3. The van der Waals surface area contributed by atoms with Gasteiger partial charge < -0.3 is 5.32 Å². The van der Waals surface area contributed by atoms with Gasteiger partial charge in [0.05, 0.1) is 6.54 Å². The molecule has 0 radical (unpaired) electrons. The molecule has 5 nitrogen and oxygen atoms in total. The molecular weight excluding hydrogens is 476 g/mol. The number of benzene rings is 3. The number of hydrogen-bond donors (Lipinski definition) is 1. The molecule has 0 aliphatic rings. The van der Waals surface area contributed by atoms with Gasteiger partial charge in [-0.1, -0.05) is 78.0 Å². The Morgan fingerprint density at radius 1 is 0.857 bits per heavy atom. The van der Waals surface area contributed by atoms with E-state index in [1.807, 2.05) is 78.9 Å². The molecule has 2 heterocycles. The highest BCUT2D eigenvalue weighted by Gasteiger charge is 2.13. The summed E-state index contributed by atoms with van der Waals surface area (Å²) in [5, 5.41) is 4.56. The number of thioether (sulfide) groups is 1. The van der Waals surface area contributed by atoms with E-state index in [-0.39, 0.29) is 5.91 Å². The number of pyridine rings is 1. The first-order chi connectivity index (χ1) is 17.2. The predicted octanol–water partition coefficient (Wildman–Crippen LogP) is 6.36. The Morgan fingerprint density at radius 3 is 2.37 bits per heavy atom. The van der Waals surface area contributed by atoms with Crippen molar-refractivity contribution in [3.8, 4) is 0 Å². The average molecular weight is 499 g/mol. The molecule has 35 heavy (non-hydrogen) atoms. The van der Waals surface area contributed by atoms with Crippen LogP contribution in [0.4, 0.5) is 0 Å². The summed E-state index contributed by atoms with van der Waals surface area (Å²) in [4.78, 5) is 22.0. The predicted molar refractivity (Wildman–Crippen MR) is 142 cm³/mol. The minimum atomic E-state index is -0.111. The highest BCUT2D eigenvalue weighted by atomic mass is 35.5. The third-order valence-electron chi connectivity index (χ3n) is 5.60. The normalized spacial score (nSPS) is 11.0. The molecule has 0 unspecified atom stereocenters. The lowest BCUT2D eigenvalue weighted by Gasteiger charge is -2.10. The summed E-state index contributed by atoms with van der Waals surface area (Å²) in [6.45, 7) is 1.07. The van der Waals surface area contributed by atoms with Gasteiger partial charge in [-0.25, -0.2) is 9.97 Å². The van der Waals surface area contributed by atoms with Crippen molar-refractivity contribution in [2.75, 3.05) is 0 Å². The number of imidazole rings is 1. The van der Waals surface area contributed by atoms with Crippen LogP contribution in [0, 0.1) is 0 Å². The van der Waals surface area contributed by atoms with E-state index in [2.05, 4.69) is 27.0 Å². The molecule has 0 aliphatic heterocycles. The summed E-state index contributed by atoms with van der Waals surface area (Å²) in [5.41, 5.74) is 5.67. The van der Waals surface area contributed by atoms with E-state index >= 15 is 0 Å². The first kappa shape index (κ1) is 23.1. The Kier molecular flexibility index (Phi) is 7.12. The van der Waals surface area contributed by atoms with E-state index in [0.29, 0.717) is 23.7 Å². The molecule has 0 saturated carbocycles. The van der Waals surface area contributed by atoms with Gasteiger partial charge in [-0.05, 0) is 53.1 Å². The van der Waals surface area contributed by atoms with E-state index < -0.39 is 0 Å². The number of carbonyl (C=O) groups is 1. The van der Waals surface area contributed by atoms with Crippen LogP contribution in [0.3, 0.4) is 0 Å². The van der Waals surface area contributed by atoms with Gasteiger partial charge in [0.1, 0.15) is 5.52 Å². The van der Waals surface area contributed by atoms with Crippen LogP contribution in [-0.2, 0) is 18.8 Å². The molecule has 7 heteroatoms. The SMILES string of the molecule is O=C(NCc1ccc(Cl)cc1)c1ccc(Cn2c(SCc3ccccc3)nc3cccnc32)cc1. The van der Waals surface area contributed by atoms with E-state index in [9.17, 15) is 4.79 Å². The van der Waals surface area contributed by atoms with Crippen molar-refractivity contribution < 1.29 is 4.79 Å². The minimum absolute atomic E-state index is 0.111. The van der Waals surface area contributed by atoms with Crippen LogP contribution >= 0.6 is 23.4 Å². The average Bonchev–Trinajstić information content (AvgIpc) is 3.25. The van der Waals surface area contributed by atoms with Gasteiger partial charge in [0.15, 0.2) is 10.8 Å². The Labute approximate surface area is 213 Å². The van der Waals surface area contributed by atoms with Gasteiger partial charge in [-0.2, -0.15) is 0 Å². The minimum Gasteiger partial charge on any atom is -0.348 e. The summed E-state index contributed by atoms with van der Waals surface area (Å²) in [5.74, 6) is 0.719. The molecule has 0 bridgehead atoms. The highest BCUT2D eigenvalue weighted by Crippen LogP contribution is 2.27. The largest absolute Gasteiger partial charge is 0.348 e. The van der Waals surface area contributed by atoms with Crippen LogP contribution in [0.5, 0.6) is 0 Å². The van der Waals surface area contributed by atoms with Crippen LogP contribution < -0.4 is 5.32 Å². The summed E-state index contributed by atoms with van der Waals surface area (Å²) < 4.78 is 2.14. The summed E-state index contributed by atoms with van der Waals surface area (Å²) in [6, 6.07) is 29.4. The monoisotopic (exact) mass is 498 g/mol. The fraction of sp³-hybridized carbons (Fsp3) is 0.107. The molecule has 5 rings (SSSR count). The number of rotatable bonds is 8. The lowest BCUT2D eigenvalue weighted by molar-refractivity contribution is 0.0951. The fourth-order valence-corrected chi connectivity index (χ4v) is 4.83. The zero-order chi connectivity index (χ0) is 24.0. The Bertz CT molecular complexity index is 1430. The van der Waals surface area contributed by atoms with Crippen molar-refractivity contribution in [2.24, 2.45) is 0 Å². The lowest BCUT2D eigenvalue weighted by atomic mass is 10.1. The first-order valence-electron chi connectivity index (χ1n) is 11.3. The van der Waals surface area contributed by atoms with E-state index in [1.54, 1.807) is 18.0 Å². The van der Waals surface area contributed by atoms with Crippen molar-refractivity contribution in [1.82, 2.24) is 19.9 Å². The van der Waals surface area contributed by atoms with Gasteiger partial charge in [0.2, 0.25) is 0 Å². The molecule has 174 valence electrons. The zero-order valence-corrected chi connectivity index (χ0v) is 20.5. The van der Waals surface area contributed by atoms with Crippen LogP contribution in [0.2, 0.25) is 5.02 Å². The second-order valence-electron chi connectivity index (χ2n) is 8.11. The van der Waals surface area contributed by atoms with E-state index in [0.717, 1.165) is 33.2 Å². The van der Waals surface area contributed by atoms with Gasteiger partial charge in [0, 0.05) is 29.1 Å². The quantitative estimate of drug-likeness (QED) is 0.253.